The summed E-state index contributed by atoms with van der Waals surface area (Å²) >= 11 is 4.57. The fourth-order valence-electron chi connectivity index (χ4n) is 1.77. The first-order chi connectivity index (χ1) is 5.29. The van der Waals surface area contributed by atoms with Gasteiger partial charge in [-0.15, -0.1) is 0 Å². The van der Waals surface area contributed by atoms with Gasteiger partial charge in [0.2, 0.25) is 0 Å². The Morgan fingerprint density at radius 2 is 2.09 bits per heavy atom. The van der Waals surface area contributed by atoms with Gasteiger partial charge < -0.3 is 0 Å². The van der Waals surface area contributed by atoms with Crippen LogP contribution in [0.4, 0.5) is 0 Å². The number of thiol groups is 1. The first-order valence-corrected chi connectivity index (χ1v) is 4.56. The molecule has 0 aromatic heterocycles. The molecule has 1 aromatic rings. The van der Waals surface area contributed by atoms with Crippen LogP contribution in [0.3, 0.4) is 0 Å². The second-order valence-electron chi connectivity index (χ2n) is 3.33. The van der Waals surface area contributed by atoms with Gasteiger partial charge in [-0.2, -0.15) is 12.6 Å². The molecule has 1 aliphatic carbocycles. The molecule has 11 heavy (non-hydrogen) atoms. The Balaban J connectivity index is 2.47. The Morgan fingerprint density at radius 1 is 1.36 bits per heavy atom. The number of hydrogen-bond acceptors (Lipinski definition) is 1. The van der Waals surface area contributed by atoms with Gasteiger partial charge in [-0.1, -0.05) is 31.2 Å². The molecule has 1 aromatic carbocycles. The Labute approximate surface area is 73.0 Å². The van der Waals surface area contributed by atoms with Crippen molar-refractivity contribution in [2.75, 3.05) is 0 Å². The molecule has 1 heteroatoms. The van der Waals surface area contributed by atoms with Crippen molar-refractivity contribution < 1.29 is 0 Å². The van der Waals surface area contributed by atoms with Crippen LogP contribution in [0.25, 0.3) is 0 Å². The van der Waals surface area contributed by atoms with Crippen LogP contribution in [-0.4, -0.2) is 0 Å². The van der Waals surface area contributed by atoms with E-state index in [1.54, 1.807) is 0 Å². The molecule has 1 unspecified atom stereocenters. The Hall–Kier alpha value is -0.430. The lowest BCUT2D eigenvalue weighted by molar-refractivity contribution is 0.618. The third-order valence-electron chi connectivity index (χ3n) is 2.45. The van der Waals surface area contributed by atoms with E-state index >= 15 is 0 Å². The van der Waals surface area contributed by atoms with Crippen molar-refractivity contribution in [3.05, 3.63) is 35.4 Å². The molecule has 0 radical (unpaired) electrons. The van der Waals surface area contributed by atoms with Gasteiger partial charge >= 0.3 is 0 Å². The van der Waals surface area contributed by atoms with Gasteiger partial charge in [0.25, 0.3) is 0 Å². The number of rotatable bonds is 0. The topological polar surface area (TPSA) is 0 Å². The third-order valence-corrected chi connectivity index (χ3v) is 3.24. The highest BCUT2D eigenvalue weighted by molar-refractivity contribution is 7.80. The number of hydrogen-bond donors (Lipinski definition) is 1. The van der Waals surface area contributed by atoms with Crippen molar-refractivity contribution in [1.82, 2.24) is 0 Å². The van der Waals surface area contributed by atoms with Crippen molar-refractivity contribution in [2.45, 2.75) is 18.6 Å². The molecule has 0 nitrogen and oxygen atoms in total. The summed E-state index contributed by atoms with van der Waals surface area (Å²) in [5, 5.41) is 0.464. The molecule has 58 valence electrons. The summed E-state index contributed by atoms with van der Waals surface area (Å²) in [4.78, 5) is 0. The summed E-state index contributed by atoms with van der Waals surface area (Å²) in [6, 6.07) is 8.61. The van der Waals surface area contributed by atoms with Gasteiger partial charge in [0, 0.05) is 5.25 Å². The molecule has 2 atom stereocenters. The van der Waals surface area contributed by atoms with Crippen LogP contribution in [-0.2, 0) is 6.42 Å². The van der Waals surface area contributed by atoms with E-state index in [0.29, 0.717) is 11.2 Å². The molecular formula is C10H12S. The molecule has 0 amide bonds. The number of fused-ring (bicyclic) bond motifs is 1. The molecular weight excluding hydrogens is 152 g/mol. The zero-order chi connectivity index (χ0) is 7.84. The average Bonchev–Trinajstić information content (AvgIpc) is 2.30. The smallest absolute Gasteiger partial charge is 0.0298 e. The zero-order valence-corrected chi connectivity index (χ0v) is 7.51. The largest absolute Gasteiger partial charge is 0.171 e. The second-order valence-corrected chi connectivity index (χ2v) is 3.88. The summed E-state index contributed by atoms with van der Waals surface area (Å²) < 4.78 is 0. The highest BCUT2D eigenvalue weighted by atomic mass is 32.1. The van der Waals surface area contributed by atoms with E-state index in [1.165, 1.54) is 17.5 Å². The monoisotopic (exact) mass is 164 g/mol. The standard InChI is InChI=1S/C10H12S/c1-7-6-8-4-2-3-5-9(8)10(7)11/h2-5,7,10-11H,6H2,1H3/t7-,10?/m0/s1. The van der Waals surface area contributed by atoms with Crippen LogP contribution in [0, 0.1) is 5.92 Å². The van der Waals surface area contributed by atoms with Gasteiger partial charge in [-0.05, 0) is 23.5 Å². The minimum atomic E-state index is 0.464. The van der Waals surface area contributed by atoms with E-state index in [9.17, 15) is 0 Å². The lowest BCUT2D eigenvalue weighted by Gasteiger charge is -2.07. The second kappa shape index (κ2) is 2.56. The Morgan fingerprint density at radius 3 is 2.82 bits per heavy atom. The lowest BCUT2D eigenvalue weighted by atomic mass is 10.1. The fraction of sp³-hybridized carbons (Fsp3) is 0.400. The number of benzene rings is 1. The van der Waals surface area contributed by atoms with Gasteiger partial charge in [0.1, 0.15) is 0 Å². The van der Waals surface area contributed by atoms with Crippen LogP contribution >= 0.6 is 12.6 Å². The van der Waals surface area contributed by atoms with Gasteiger partial charge in [0.05, 0.1) is 0 Å². The summed E-state index contributed by atoms with van der Waals surface area (Å²) in [5.74, 6) is 0.704. The summed E-state index contributed by atoms with van der Waals surface area (Å²) in [5.41, 5.74) is 2.92. The molecule has 0 bridgehead atoms. The fourth-order valence-corrected chi connectivity index (χ4v) is 2.13. The van der Waals surface area contributed by atoms with Crippen molar-refractivity contribution >= 4 is 12.6 Å². The maximum Gasteiger partial charge on any atom is 0.0298 e. The van der Waals surface area contributed by atoms with Crippen molar-refractivity contribution in [1.29, 1.82) is 0 Å². The zero-order valence-electron chi connectivity index (χ0n) is 6.62. The average molecular weight is 164 g/mol. The minimum Gasteiger partial charge on any atom is -0.171 e. The molecule has 1 aliphatic rings. The predicted octanol–water partition coefficient (Wildman–Crippen LogP) is 2.85. The van der Waals surface area contributed by atoms with Crippen LogP contribution in [0.15, 0.2) is 24.3 Å². The Bertz CT molecular complexity index is 267. The van der Waals surface area contributed by atoms with E-state index in [-0.39, 0.29) is 0 Å². The molecule has 0 fully saturated rings. The molecule has 0 aliphatic heterocycles. The lowest BCUT2D eigenvalue weighted by Crippen LogP contribution is -1.94. The van der Waals surface area contributed by atoms with Crippen LogP contribution in [0.5, 0.6) is 0 Å². The van der Waals surface area contributed by atoms with Crippen molar-refractivity contribution in [3.8, 4) is 0 Å². The highest BCUT2D eigenvalue weighted by Gasteiger charge is 2.25. The van der Waals surface area contributed by atoms with E-state index in [4.69, 9.17) is 0 Å². The third kappa shape index (κ3) is 1.08. The molecule has 0 heterocycles. The van der Waals surface area contributed by atoms with Crippen molar-refractivity contribution in [3.63, 3.8) is 0 Å². The van der Waals surface area contributed by atoms with Crippen LogP contribution < -0.4 is 0 Å². The molecule has 2 rings (SSSR count). The molecule has 0 N–H and O–H groups in total. The highest BCUT2D eigenvalue weighted by Crippen LogP contribution is 2.39. The molecule has 0 saturated heterocycles. The first-order valence-electron chi connectivity index (χ1n) is 4.05. The van der Waals surface area contributed by atoms with Crippen LogP contribution in [0.2, 0.25) is 0 Å². The minimum absolute atomic E-state index is 0.464. The first kappa shape index (κ1) is 7.23. The van der Waals surface area contributed by atoms with E-state index in [1.807, 2.05) is 0 Å². The van der Waals surface area contributed by atoms with E-state index < -0.39 is 0 Å². The summed E-state index contributed by atoms with van der Waals surface area (Å²) in [6.07, 6.45) is 1.20. The van der Waals surface area contributed by atoms with E-state index in [2.05, 4.69) is 43.8 Å². The quantitative estimate of drug-likeness (QED) is 0.560. The summed E-state index contributed by atoms with van der Waals surface area (Å²) in [7, 11) is 0. The van der Waals surface area contributed by atoms with Gasteiger partial charge in [-0.3, -0.25) is 0 Å². The predicted molar refractivity (Wildman–Crippen MR) is 51.0 cm³/mol. The van der Waals surface area contributed by atoms with Gasteiger partial charge in [0.15, 0.2) is 0 Å². The normalized spacial score (nSPS) is 28.5. The van der Waals surface area contributed by atoms with Crippen molar-refractivity contribution in [2.24, 2.45) is 5.92 Å². The Kier molecular flexibility index (Phi) is 1.68. The van der Waals surface area contributed by atoms with Gasteiger partial charge in [-0.25, -0.2) is 0 Å². The summed E-state index contributed by atoms with van der Waals surface area (Å²) in [6.45, 7) is 2.26. The van der Waals surface area contributed by atoms with E-state index in [0.717, 1.165) is 0 Å². The maximum absolute atomic E-state index is 4.57. The molecule has 0 saturated carbocycles. The van der Waals surface area contributed by atoms with Crippen LogP contribution in [0.1, 0.15) is 23.3 Å². The maximum atomic E-state index is 4.57. The SMILES string of the molecule is C[C@H]1Cc2ccccc2C1S. The molecule has 0 spiro atoms.